The Bertz CT molecular complexity index is 637. The molecule has 2 N–H and O–H groups in total. The summed E-state index contributed by atoms with van der Waals surface area (Å²) in [5, 5.41) is 0. The van der Waals surface area contributed by atoms with Gasteiger partial charge in [-0.1, -0.05) is 36.2 Å². The molecule has 2 aliphatic rings. The Labute approximate surface area is 160 Å². The molecule has 0 saturated carbocycles. The van der Waals surface area contributed by atoms with Crippen LogP contribution in [0.5, 0.6) is 0 Å². The molecule has 1 aromatic rings. The van der Waals surface area contributed by atoms with Gasteiger partial charge >= 0.3 is 0 Å². The predicted molar refractivity (Wildman–Crippen MR) is 109 cm³/mol. The number of thioether (sulfide) groups is 1. The van der Waals surface area contributed by atoms with Gasteiger partial charge in [-0.15, -0.1) is 0 Å². The van der Waals surface area contributed by atoms with E-state index in [-0.39, 0.29) is 28.8 Å². The Kier molecular flexibility index (Phi) is 5.73. The van der Waals surface area contributed by atoms with E-state index < -0.39 is 0 Å². The van der Waals surface area contributed by atoms with Gasteiger partial charge in [0.15, 0.2) is 0 Å². The first-order valence-corrected chi connectivity index (χ1v) is 11.1. The minimum atomic E-state index is -0.0851. The molecule has 4 nitrogen and oxygen atoms in total. The van der Waals surface area contributed by atoms with Crippen LogP contribution in [0.2, 0.25) is 0 Å². The number of benzene rings is 1. The summed E-state index contributed by atoms with van der Waals surface area (Å²) in [7, 11) is 0. The van der Waals surface area contributed by atoms with Crippen molar-refractivity contribution in [1.82, 2.24) is 9.21 Å². The summed E-state index contributed by atoms with van der Waals surface area (Å²) < 4.78 is 2.14. The first-order valence-electron chi connectivity index (χ1n) is 8.91. The molecule has 0 aliphatic carbocycles. The van der Waals surface area contributed by atoms with Crippen molar-refractivity contribution in [3.05, 3.63) is 35.4 Å². The van der Waals surface area contributed by atoms with Crippen LogP contribution in [0, 0.1) is 0 Å². The summed E-state index contributed by atoms with van der Waals surface area (Å²) >= 11 is 3.53. The second-order valence-electron chi connectivity index (χ2n) is 7.70. The Morgan fingerprint density at radius 2 is 2.08 bits per heavy atom. The van der Waals surface area contributed by atoms with Crippen LogP contribution >= 0.6 is 23.7 Å². The number of rotatable bonds is 5. The van der Waals surface area contributed by atoms with Gasteiger partial charge in [0, 0.05) is 30.9 Å². The molecule has 6 heteroatoms. The van der Waals surface area contributed by atoms with Crippen molar-refractivity contribution < 1.29 is 4.79 Å². The van der Waals surface area contributed by atoms with Crippen LogP contribution in [0.3, 0.4) is 0 Å². The van der Waals surface area contributed by atoms with Crippen LogP contribution in [0.1, 0.15) is 31.9 Å². The molecule has 1 amide bonds. The van der Waals surface area contributed by atoms with E-state index in [2.05, 4.69) is 60.5 Å². The van der Waals surface area contributed by atoms with E-state index in [4.69, 9.17) is 5.73 Å². The van der Waals surface area contributed by atoms with E-state index in [0.29, 0.717) is 0 Å². The van der Waals surface area contributed by atoms with Gasteiger partial charge in [0.2, 0.25) is 5.91 Å². The molecule has 1 aromatic carbocycles. The van der Waals surface area contributed by atoms with Gasteiger partial charge in [0.1, 0.15) is 6.04 Å². The van der Waals surface area contributed by atoms with Crippen LogP contribution in [0.25, 0.3) is 0 Å². The maximum atomic E-state index is 13.4. The number of hydrogen-bond acceptors (Lipinski definition) is 5. The number of carbonyl (C=O) groups excluding carboxylic acids is 1. The molecule has 1 fully saturated rings. The van der Waals surface area contributed by atoms with Crippen molar-refractivity contribution in [3.63, 3.8) is 0 Å². The van der Waals surface area contributed by atoms with E-state index in [1.807, 2.05) is 0 Å². The third-order valence-corrected chi connectivity index (χ3v) is 7.17. The van der Waals surface area contributed by atoms with Gasteiger partial charge in [-0.25, -0.2) is 4.31 Å². The highest BCUT2D eigenvalue weighted by atomic mass is 32.2. The van der Waals surface area contributed by atoms with Crippen molar-refractivity contribution in [2.75, 3.05) is 18.6 Å². The molecule has 0 bridgehead atoms. The number of hydrogen-bond donors (Lipinski definition) is 1. The van der Waals surface area contributed by atoms with Crippen molar-refractivity contribution in [1.29, 1.82) is 0 Å². The van der Waals surface area contributed by atoms with Crippen LogP contribution in [0.15, 0.2) is 24.3 Å². The molecule has 3 rings (SSSR count). The highest BCUT2D eigenvalue weighted by molar-refractivity contribution is 8.00. The lowest BCUT2D eigenvalue weighted by Crippen LogP contribution is -2.66. The van der Waals surface area contributed by atoms with Gasteiger partial charge in [0.25, 0.3) is 0 Å². The van der Waals surface area contributed by atoms with Crippen LogP contribution in [-0.4, -0.2) is 56.5 Å². The minimum Gasteiger partial charge on any atom is -0.334 e. The molecule has 2 heterocycles. The fourth-order valence-electron chi connectivity index (χ4n) is 3.89. The molecular weight excluding hydrogens is 350 g/mol. The second kappa shape index (κ2) is 7.51. The van der Waals surface area contributed by atoms with Crippen molar-refractivity contribution in [2.24, 2.45) is 5.73 Å². The van der Waals surface area contributed by atoms with Gasteiger partial charge in [-0.2, -0.15) is 11.8 Å². The average Bonchev–Trinajstić information content (AvgIpc) is 2.53. The zero-order valence-electron chi connectivity index (χ0n) is 15.6. The summed E-state index contributed by atoms with van der Waals surface area (Å²) in [6.45, 7) is 7.98. The lowest BCUT2D eigenvalue weighted by molar-refractivity contribution is -0.140. The third-order valence-electron chi connectivity index (χ3n) is 5.12. The SMILES string of the molecule is CSC[C@H](N)CN1SC(C)(C)[C@H]1C(=O)N1Cc2ccccc2CC1C. The molecule has 2 aliphatic heterocycles. The summed E-state index contributed by atoms with van der Waals surface area (Å²) in [6, 6.07) is 8.74. The summed E-state index contributed by atoms with van der Waals surface area (Å²) in [6.07, 6.45) is 3.01. The molecule has 1 saturated heterocycles. The zero-order valence-corrected chi connectivity index (χ0v) is 17.2. The molecule has 0 radical (unpaired) electrons. The van der Waals surface area contributed by atoms with Crippen LogP contribution < -0.4 is 5.73 Å². The molecule has 25 heavy (non-hydrogen) atoms. The molecule has 0 aromatic heterocycles. The Hall–Kier alpha value is -0.690. The molecule has 138 valence electrons. The summed E-state index contributed by atoms with van der Waals surface area (Å²) in [4.78, 5) is 15.5. The number of carbonyl (C=O) groups is 1. The van der Waals surface area contributed by atoms with Crippen molar-refractivity contribution in [3.8, 4) is 0 Å². The number of nitrogens with zero attached hydrogens (tertiary/aromatic N) is 2. The first-order chi connectivity index (χ1) is 11.8. The van der Waals surface area contributed by atoms with E-state index in [1.54, 1.807) is 23.7 Å². The fourth-order valence-corrected chi connectivity index (χ4v) is 5.92. The lowest BCUT2D eigenvalue weighted by Gasteiger charge is -2.54. The maximum Gasteiger partial charge on any atom is 0.242 e. The molecule has 1 unspecified atom stereocenters. The zero-order chi connectivity index (χ0) is 18.2. The highest BCUT2D eigenvalue weighted by Gasteiger charge is 2.53. The fraction of sp³-hybridized carbons (Fsp3) is 0.632. The van der Waals surface area contributed by atoms with Crippen LogP contribution in [-0.2, 0) is 17.8 Å². The lowest BCUT2D eigenvalue weighted by atomic mass is 9.92. The van der Waals surface area contributed by atoms with Gasteiger partial charge in [-0.05, 0) is 44.6 Å². The normalized spacial score (nSPS) is 26.7. The van der Waals surface area contributed by atoms with Crippen LogP contribution in [0.4, 0.5) is 0 Å². The minimum absolute atomic E-state index is 0.0627. The Balaban J connectivity index is 1.74. The van der Waals surface area contributed by atoms with E-state index in [0.717, 1.165) is 25.3 Å². The number of nitrogens with two attached hydrogens (primary N) is 1. The Morgan fingerprint density at radius 1 is 1.40 bits per heavy atom. The van der Waals surface area contributed by atoms with E-state index in [1.165, 1.54) is 11.1 Å². The topological polar surface area (TPSA) is 49.6 Å². The number of fused-ring (bicyclic) bond motifs is 1. The smallest absolute Gasteiger partial charge is 0.242 e. The van der Waals surface area contributed by atoms with E-state index in [9.17, 15) is 4.79 Å². The average molecular weight is 380 g/mol. The van der Waals surface area contributed by atoms with Gasteiger partial charge in [0.05, 0.1) is 4.75 Å². The van der Waals surface area contributed by atoms with Gasteiger partial charge < -0.3 is 10.6 Å². The van der Waals surface area contributed by atoms with Crippen molar-refractivity contribution >= 4 is 29.6 Å². The Morgan fingerprint density at radius 3 is 2.72 bits per heavy atom. The molecule has 0 spiro atoms. The number of amides is 1. The van der Waals surface area contributed by atoms with E-state index >= 15 is 0 Å². The first kappa shape index (κ1) is 19.1. The summed E-state index contributed by atoms with van der Waals surface area (Å²) in [5.74, 6) is 1.17. The second-order valence-corrected chi connectivity index (χ2v) is 10.3. The predicted octanol–water partition coefficient (Wildman–Crippen LogP) is 2.76. The maximum absolute atomic E-state index is 13.4. The van der Waals surface area contributed by atoms with Crippen molar-refractivity contribution in [2.45, 2.75) is 56.6 Å². The molecular formula is C19H29N3OS2. The molecule has 3 atom stereocenters. The summed E-state index contributed by atoms with van der Waals surface area (Å²) in [5.41, 5.74) is 8.87. The monoisotopic (exact) mass is 379 g/mol. The largest absolute Gasteiger partial charge is 0.334 e. The van der Waals surface area contributed by atoms with Gasteiger partial charge in [-0.3, -0.25) is 4.79 Å². The standard InChI is InChI=1S/C19H29N3OS2/c1-13-9-14-7-5-6-8-15(14)10-21(13)18(23)17-19(2,3)25-22(17)11-16(20)12-24-4/h5-8,13,16-17H,9-12,20H2,1-4H3/t13?,16-,17-/m1/s1. The third kappa shape index (κ3) is 3.87. The highest BCUT2D eigenvalue weighted by Crippen LogP contribution is 2.47. The quantitative estimate of drug-likeness (QED) is 0.797.